The molecule has 1 aromatic heterocycles. The molecule has 1 atom stereocenters. The van der Waals surface area contributed by atoms with Gasteiger partial charge in [-0.3, -0.25) is 0 Å². The fraction of sp³-hybridized carbons (Fsp3) is 0.211. The Morgan fingerprint density at radius 1 is 1.11 bits per heavy atom. The second kappa shape index (κ2) is 7.94. The number of aromatic nitrogens is 2. The molecule has 0 amide bonds. The van der Waals surface area contributed by atoms with Crippen LogP contribution in [-0.4, -0.2) is 21.8 Å². The summed E-state index contributed by atoms with van der Waals surface area (Å²) in [6.07, 6.45) is 1.38. The summed E-state index contributed by atoms with van der Waals surface area (Å²) in [5.41, 5.74) is 8.53. The number of benzene rings is 2. The first kappa shape index (κ1) is 19.0. The smallest absolute Gasteiger partial charge is 0.230 e. The molecule has 0 saturated heterocycles. The average Bonchev–Trinajstić information content (AvgIpc) is 3.37. The molecule has 0 radical (unpaired) electrons. The minimum Gasteiger partial charge on any atom is -0.330 e. The van der Waals surface area contributed by atoms with E-state index in [1.54, 1.807) is 10.5 Å². The minimum absolute atomic E-state index is 0.130. The average molecular weight is 418 g/mol. The van der Waals surface area contributed by atoms with Crippen molar-refractivity contribution < 1.29 is 8.78 Å². The molecule has 1 aliphatic heterocycles. The molecule has 1 unspecified atom stereocenters. The molecule has 1 aliphatic rings. The van der Waals surface area contributed by atoms with Crippen LogP contribution in [0.3, 0.4) is 0 Å². The van der Waals surface area contributed by atoms with Crippen LogP contribution in [0.15, 0.2) is 59.1 Å². The first-order valence-electron chi connectivity index (χ1n) is 8.69. The summed E-state index contributed by atoms with van der Waals surface area (Å²) in [5.74, 6) is -1.03. The van der Waals surface area contributed by atoms with Crippen molar-refractivity contribution in [1.82, 2.24) is 10.2 Å². The van der Waals surface area contributed by atoms with Crippen LogP contribution in [-0.2, 0) is 4.87 Å². The third-order valence-electron chi connectivity index (χ3n) is 4.43. The van der Waals surface area contributed by atoms with Crippen LogP contribution in [0, 0.1) is 11.6 Å². The zero-order valence-electron chi connectivity index (χ0n) is 14.8. The highest BCUT2D eigenvalue weighted by Gasteiger charge is 2.47. The van der Waals surface area contributed by atoms with Crippen molar-refractivity contribution in [3.8, 4) is 0 Å². The highest BCUT2D eigenvalue weighted by atomic mass is 32.2. The molecule has 0 bridgehead atoms. The molecule has 3 aromatic rings. The van der Waals surface area contributed by atoms with E-state index in [-0.39, 0.29) is 5.56 Å². The maximum Gasteiger partial charge on any atom is 0.230 e. The van der Waals surface area contributed by atoms with Gasteiger partial charge in [-0.05, 0) is 43.1 Å². The van der Waals surface area contributed by atoms with E-state index < -0.39 is 16.5 Å². The number of anilines is 1. The van der Waals surface area contributed by atoms with Gasteiger partial charge < -0.3 is 5.73 Å². The molecule has 2 heterocycles. The van der Waals surface area contributed by atoms with Gasteiger partial charge in [0.25, 0.3) is 0 Å². The molecule has 28 heavy (non-hydrogen) atoms. The molecule has 0 aliphatic carbocycles. The van der Waals surface area contributed by atoms with Crippen molar-refractivity contribution in [1.29, 1.82) is 0 Å². The van der Waals surface area contributed by atoms with Gasteiger partial charge in [0.1, 0.15) is 27.1 Å². The summed E-state index contributed by atoms with van der Waals surface area (Å²) in [4.78, 5) is -0.672. The molecule has 2 N–H and O–H groups in total. The predicted octanol–water partition coefficient (Wildman–Crippen LogP) is 4.32. The number of hydrogen-bond donors (Lipinski definition) is 1. The molecule has 9 heteroatoms. The maximum absolute atomic E-state index is 14.5. The first-order valence-corrected chi connectivity index (χ1v) is 10.4. The minimum atomic E-state index is -0.672. The maximum atomic E-state index is 14.5. The Morgan fingerprint density at radius 3 is 2.64 bits per heavy atom. The van der Waals surface area contributed by atoms with Crippen LogP contribution in [0.2, 0.25) is 0 Å². The Kier molecular flexibility index (Phi) is 5.38. The second-order valence-corrected chi connectivity index (χ2v) is 8.28. The Bertz CT molecular complexity index is 981. The molecule has 5 nitrogen and oxygen atoms in total. The van der Waals surface area contributed by atoms with Gasteiger partial charge in [0, 0.05) is 5.56 Å². The van der Waals surface area contributed by atoms with Gasteiger partial charge in [-0.25, -0.2) is 13.8 Å². The van der Waals surface area contributed by atoms with Crippen molar-refractivity contribution in [2.45, 2.75) is 17.7 Å². The Labute approximate surface area is 169 Å². The van der Waals surface area contributed by atoms with Crippen molar-refractivity contribution >= 4 is 33.3 Å². The van der Waals surface area contributed by atoms with E-state index >= 15 is 0 Å². The fourth-order valence-electron chi connectivity index (χ4n) is 3.14. The normalized spacial score (nSPS) is 19.1. The summed E-state index contributed by atoms with van der Waals surface area (Å²) in [6, 6.07) is 13.2. The van der Waals surface area contributed by atoms with Gasteiger partial charge in [0.2, 0.25) is 5.13 Å². The number of hydrogen-bond acceptors (Lipinski definition) is 7. The highest BCUT2D eigenvalue weighted by Crippen LogP contribution is 2.52. The van der Waals surface area contributed by atoms with Crippen molar-refractivity contribution in [2.75, 3.05) is 11.6 Å². The van der Waals surface area contributed by atoms with Gasteiger partial charge in [0.05, 0.1) is 0 Å². The zero-order chi connectivity index (χ0) is 19.6. The Hall–Kier alpha value is -2.36. The first-order chi connectivity index (χ1) is 13.6. The van der Waals surface area contributed by atoms with E-state index in [2.05, 4.69) is 15.3 Å². The number of nitrogens with zero attached hydrogens (tertiary/aromatic N) is 4. The van der Waals surface area contributed by atoms with Crippen LogP contribution >= 0.6 is 23.1 Å². The van der Waals surface area contributed by atoms with E-state index in [0.29, 0.717) is 23.1 Å². The lowest BCUT2D eigenvalue weighted by Gasteiger charge is -2.35. The monoisotopic (exact) mass is 417 g/mol. The molecule has 0 fully saturated rings. The molecule has 0 saturated carbocycles. The topological polar surface area (TPSA) is 67.4 Å². The summed E-state index contributed by atoms with van der Waals surface area (Å²) in [7, 11) is 0. The fourth-order valence-corrected chi connectivity index (χ4v) is 5.20. The summed E-state index contributed by atoms with van der Waals surface area (Å²) in [5, 5.41) is 15.5. The molecular weight excluding hydrogens is 400 g/mol. The standard InChI is InChI=1S/C19H17F2N5S2/c20-14-7-8-16(21)15(11-14)17-25-26(18-24-23-12-27-18)19(28-17,9-4-10-22)13-5-2-1-3-6-13/h1-3,5-8,11-12H,4,9-10,22H2. The number of halogens is 2. The van der Waals surface area contributed by atoms with Crippen LogP contribution in [0.4, 0.5) is 13.9 Å². The van der Waals surface area contributed by atoms with Crippen LogP contribution in [0.1, 0.15) is 24.0 Å². The third kappa shape index (κ3) is 3.41. The van der Waals surface area contributed by atoms with Gasteiger partial charge in [-0.15, -0.1) is 10.2 Å². The summed E-state index contributed by atoms with van der Waals surface area (Å²) < 4.78 is 28.3. The third-order valence-corrected chi connectivity index (χ3v) is 6.54. The number of hydrazone groups is 1. The van der Waals surface area contributed by atoms with Crippen LogP contribution < -0.4 is 10.7 Å². The van der Waals surface area contributed by atoms with Crippen molar-refractivity contribution in [2.24, 2.45) is 10.8 Å². The van der Waals surface area contributed by atoms with Gasteiger partial charge in [0.15, 0.2) is 0 Å². The quantitative estimate of drug-likeness (QED) is 0.647. The van der Waals surface area contributed by atoms with E-state index in [0.717, 1.165) is 24.1 Å². The Morgan fingerprint density at radius 2 is 1.93 bits per heavy atom. The SMILES string of the molecule is NCCCC1(c2ccccc2)SC(c2cc(F)ccc2F)=NN1c1nncs1. The number of thioether (sulfide) groups is 1. The molecule has 4 rings (SSSR count). The van der Waals surface area contributed by atoms with E-state index in [4.69, 9.17) is 5.73 Å². The Balaban J connectivity index is 1.86. The van der Waals surface area contributed by atoms with E-state index in [1.165, 1.54) is 29.2 Å². The number of nitrogens with two attached hydrogens (primary N) is 1. The predicted molar refractivity (Wildman–Crippen MR) is 109 cm³/mol. The van der Waals surface area contributed by atoms with E-state index in [1.807, 2.05) is 30.3 Å². The lowest BCUT2D eigenvalue weighted by molar-refractivity contribution is 0.525. The number of rotatable bonds is 6. The molecule has 2 aromatic carbocycles. The lowest BCUT2D eigenvalue weighted by atomic mass is 10.0. The highest BCUT2D eigenvalue weighted by molar-refractivity contribution is 8.15. The lowest BCUT2D eigenvalue weighted by Crippen LogP contribution is -2.38. The van der Waals surface area contributed by atoms with Crippen molar-refractivity contribution in [3.05, 3.63) is 76.8 Å². The van der Waals surface area contributed by atoms with Crippen LogP contribution in [0.5, 0.6) is 0 Å². The zero-order valence-corrected chi connectivity index (χ0v) is 16.4. The molecular formula is C19H17F2N5S2. The summed E-state index contributed by atoms with van der Waals surface area (Å²) in [6.45, 7) is 0.503. The second-order valence-electron chi connectivity index (χ2n) is 6.21. The molecule has 144 valence electrons. The van der Waals surface area contributed by atoms with Gasteiger partial charge in [-0.2, -0.15) is 5.10 Å². The van der Waals surface area contributed by atoms with Gasteiger partial charge in [-0.1, -0.05) is 53.4 Å². The summed E-state index contributed by atoms with van der Waals surface area (Å²) >= 11 is 2.73. The van der Waals surface area contributed by atoms with E-state index in [9.17, 15) is 8.78 Å². The van der Waals surface area contributed by atoms with Gasteiger partial charge >= 0.3 is 0 Å². The largest absolute Gasteiger partial charge is 0.330 e. The van der Waals surface area contributed by atoms with Crippen LogP contribution in [0.25, 0.3) is 0 Å². The van der Waals surface area contributed by atoms with Crippen molar-refractivity contribution in [3.63, 3.8) is 0 Å². The molecule has 0 spiro atoms.